The Morgan fingerprint density at radius 2 is 1.75 bits per heavy atom. The fourth-order valence-electron chi connectivity index (χ4n) is 5.14. The fourth-order valence-corrected chi connectivity index (χ4v) is 5.14. The predicted octanol–water partition coefficient (Wildman–Crippen LogP) is 6.83. The summed E-state index contributed by atoms with van der Waals surface area (Å²) in [5.41, 5.74) is 6.10. The number of carbonyl (C=O) groups is 1. The second-order valence-electron chi connectivity index (χ2n) is 11.5. The predicted molar refractivity (Wildman–Crippen MR) is 149 cm³/mol. The molecule has 0 saturated carbocycles. The second kappa shape index (κ2) is 12.7. The van der Waals surface area contributed by atoms with Crippen LogP contribution in [0.25, 0.3) is 0 Å². The van der Waals surface area contributed by atoms with Crippen molar-refractivity contribution in [3.8, 4) is 5.75 Å². The maximum Gasteiger partial charge on any atom is 0.224 e. The number of hydrogen-bond donors (Lipinski definition) is 2. The molecule has 0 aliphatic carbocycles. The van der Waals surface area contributed by atoms with Crippen LogP contribution in [0.1, 0.15) is 93.5 Å². The molecule has 198 valence electrons. The summed E-state index contributed by atoms with van der Waals surface area (Å²) in [4.78, 5) is 15.9. The van der Waals surface area contributed by atoms with Crippen molar-refractivity contribution in [2.75, 3.05) is 31.6 Å². The van der Waals surface area contributed by atoms with Gasteiger partial charge in [-0.25, -0.2) is 0 Å². The number of nitrogens with zero attached hydrogens (tertiary/aromatic N) is 1. The van der Waals surface area contributed by atoms with Gasteiger partial charge in [-0.3, -0.25) is 9.69 Å². The van der Waals surface area contributed by atoms with Crippen molar-refractivity contribution in [3.05, 3.63) is 58.1 Å². The Balaban J connectivity index is 1.81. The third kappa shape index (κ3) is 7.81. The average molecular weight is 495 g/mol. The van der Waals surface area contributed by atoms with Gasteiger partial charge in [0.2, 0.25) is 5.91 Å². The van der Waals surface area contributed by atoms with Gasteiger partial charge in [-0.2, -0.15) is 0 Å². The van der Waals surface area contributed by atoms with Gasteiger partial charge in [0.15, 0.2) is 0 Å². The van der Waals surface area contributed by atoms with Crippen molar-refractivity contribution < 1.29 is 14.6 Å². The van der Waals surface area contributed by atoms with Crippen LogP contribution in [0.2, 0.25) is 0 Å². The number of carbonyl (C=O) groups excluding carboxylic acids is 1. The molecule has 5 heteroatoms. The van der Waals surface area contributed by atoms with E-state index in [9.17, 15) is 9.90 Å². The van der Waals surface area contributed by atoms with Crippen LogP contribution in [0, 0.1) is 13.8 Å². The molecule has 2 N–H and O–H groups in total. The summed E-state index contributed by atoms with van der Waals surface area (Å²) in [5.74, 6) is 0.528. The molecule has 3 rings (SSSR count). The van der Waals surface area contributed by atoms with Crippen LogP contribution in [0.3, 0.4) is 0 Å². The number of phenolic OH excluding ortho intramolecular Hbond substituents is 1. The third-order valence-electron chi connectivity index (χ3n) is 7.25. The molecule has 0 aromatic heterocycles. The average Bonchev–Trinajstić information content (AvgIpc) is 2.81. The minimum Gasteiger partial charge on any atom is -0.507 e. The topological polar surface area (TPSA) is 61.8 Å². The van der Waals surface area contributed by atoms with Gasteiger partial charge in [-0.05, 0) is 65.5 Å². The van der Waals surface area contributed by atoms with Gasteiger partial charge >= 0.3 is 0 Å². The smallest absolute Gasteiger partial charge is 0.224 e. The fraction of sp³-hybridized carbons (Fsp3) is 0.581. The van der Waals surface area contributed by atoms with Crippen LogP contribution in [0.15, 0.2) is 30.3 Å². The zero-order valence-electron chi connectivity index (χ0n) is 23.2. The summed E-state index contributed by atoms with van der Waals surface area (Å²) >= 11 is 0. The lowest BCUT2D eigenvalue weighted by Crippen LogP contribution is -2.35. The van der Waals surface area contributed by atoms with E-state index in [0.29, 0.717) is 12.2 Å². The molecule has 1 saturated heterocycles. The van der Waals surface area contributed by atoms with Crippen LogP contribution < -0.4 is 5.32 Å². The first-order valence-corrected chi connectivity index (χ1v) is 13.6. The number of amides is 1. The number of hydrogen-bond acceptors (Lipinski definition) is 4. The molecule has 0 bridgehead atoms. The Kier molecular flexibility index (Phi) is 9.98. The lowest BCUT2D eigenvalue weighted by Gasteiger charge is -2.28. The highest BCUT2D eigenvalue weighted by molar-refractivity contribution is 5.92. The number of morpholine rings is 1. The first-order valence-electron chi connectivity index (χ1n) is 13.6. The summed E-state index contributed by atoms with van der Waals surface area (Å²) in [6.07, 6.45) is 4.80. The highest BCUT2D eigenvalue weighted by atomic mass is 16.5. The monoisotopic (exact) mass is 494 g/mol. The van der Waals surface area contributed by atoms with E-state index in [1.54, 1.807) is 0 Å². The molecule has 1 aliphatic rings. The molecular formula is C31H46N2O3. The first-order chi connectivity index (χ1) is 17.1. The molecule has 0 radical (unpaired) electrons. The zero-order chi connectivity index (χ0) is 26.3. The summed E-state index contributed by atoms with van der Waals surface area (Å²) in [5, 5.41) is 13.6. The van der Waals surface area contributed by atoms with Crippen molar-refractivity contribution in [2.45, 2.75) is 91.5 Å². The van der Waals surface area contributed by atoms with Gasteiger partial charge in [-0.1, -0.05) is 71.2 Å². The number of benzene rings is 2. The Bertz CT molecular complexity index is 996. The molecule has 1 unspecified atom stereocenters. The lowest BCUT2D eigenvalue weighted by molar-refractivity contribution is -0.116. The summed E-state index contributed by atoms with van der Waals surface area (Å²) in [7, 11) is 0. The van der Waals surface area contributed by atoms with Crippen molar-refractivity contribution >= 4 is 11.6 Å². The van der Waals surface area contributed by atoms with Crippen molar-refractivity contribution in [1.29, 1.82) is 0 Å². The standard InChI is InChI=1S/C31H46N2O3/c1-7-8-9-10-25(26-17-22(2)30(35)23(3)18-26)20-29(34)32-28-19-24(11-12-27(28)31(4,5)6)21-33-13-15-36-16-14-33/h11-12,17-19,25,35H,7-10,13-16,20-21H2,1-6H3,(H,32,34). The number of anilines is 1. The first kappa shape index (κ1) is 28.2. The molecule has 1 amide bonds. The molecule has 5 nitrogen and oxygen atoms in total. The molecule has 2 aromatic rings. The minimum absolute atomic E-state index is 0.0499. The molecule has 1 fully saturated rings. The summed E-state index contributed by atoms with van der Waals surface area (Å²) < 4.78 is 5.49. The van der Waals surface area contributed by atoms with Gasteiger partial charge < -0.3 is 15.2 Å². The van der Waals surface area contributed by atoms with Crippen molar-refractivity contribution in [2.24, 2.45) is 0 Å². The van der Waals surface area contributed by atoms with E-state index in [4.69, 9.17) is 4.74 Å². The van der Waals surface area contributed by atoms with E-state index in [1.807, 2.05) is 13.8 Å². The van der Waals surface area contributed by atoms with Gasteiger partial charge in [-0.15, -0.1) is 0 Å². The summed E-state index contributed by atoms with van der Waals surface area (Å²) in [6, 6.07) is 10.6. The zero-order valence-corrected chi connectivity index (χ0v) is 23.2. The van der Waals surface area contributed by atoms with Crippen LogP contribution in [-0.2, 0) is 21.5 Å². The SMILES string of the molecule is CCCCCC(CC(=O)Nc1cc(CN2CCOCC2)ccc1C(C)(C)C)c1cc(C)c(O)c(C)c1. The number of aromatic hydroxyl groups is 1. The van der Waals surface area contributed by atoms with Crippen LogP contribution in [0.5, 0.6) is 5.75 Å². The molecule has 0 spiro atoms. The molecular weight excluding hydrogens is 448 g/mol. The molecule has 1 aliphatic heterocycles. The number of rotatable bonds is 10. The van der Waals surface area contributed by atoms with Crippen LogP contribution in [0.4, 0.5) is 5.69 Å². The number of ether oxygens (including phenoxy) is 1. The maximum absolute atomic E-state index is 13.5. The highest BCUT2D eigenvalue weighted by Crippen LogP contribution is 2.34. The number of phenols is 1. The third-order valence-corrected chi connectivity index (χ3v) is 7.25. The van der Waals surface area contributed by atoms with Gasteiger partial charge in [0.1, 0.15) is 5.75 Å². The molecule has 36 heavy (non-hydrogen) atoms. The highest BCUT2D eigenvalue weighted by Gasteiger charge is 2.23. The van der Waals surface area contributed by atoms with Gasteiger partial charge in [0.25, 0.3) is 0 Å². The Hall–Kier alpha value is -2.37. The van der Waals surface area contributed by atoms with E-state index in [0.717, 1.165) is 86.5 Å². The van der Waals surface area contributed by atoms with E-state index in [1.165, 1.54) is 5.56 Å². The second-order valence-corrected chi connectivity index (χ2v) is 11.5. The molecule has 1 atom stereocenters. The Morgan fingerprint density at radius 3 is 2.36 bits per heavy atom. The van der Waals surface area contributed by atoms with Gasteiger partial charge in [0.05, 0.1) is 13.2 Å². The lowest BCUT2D eigenvalue weighted by atomic mass is 9.84. The number of nitrogens with one attached hydrogen (secondary N) is 1. The Labute approximate surface area is 218 Å². The van der Waals surface area contributed by atoms with E-state index >= 15 is 0 Å². The maximum atomic E-state index is 13.5. The van der Waals surface area contributed by atoms with Crippen molar-refractivity contribution in [3.63, 3.8) is 0 Å². The van der Waals surface area contributed by atoms with E-state index < -0.39 is 0 Å². The molecule has 1 heterocycles. The molecule has 2 aromatic carbocycles. The number of aryl methyl sites for hydroxylation is 2. The normalized spacial score (nSPS) is 15.6. The number of unbranched alkanes of at least 4 members (excludes halogenated alkanes) is 2. The van der Waals surface area contributed by atoms with E-state index in [-0.39, 0.29) is 17.2 Å². The van der Waals surface area contributed by atoms with E-state index in [2.05, 4.69) is 68.2 Å². The Morgan fingerprint density at radius 1 is 1.08 bits per heavy atom. The van der Waals surface area contributed by atoms with Crippen LogP contribution in [-0.4, -0.2) is 42.2 Å². The minimum atomic E-state index is -0.0776. The van der Waals surface area contributed by atoms with Gasteiger partial charge in [0, 0.05) is 31.7 Å². The van der Waals surface area contributed by atoms with Crippen molar-refractivity contribution in [1.82, 2.24) is 4.90 Å². The largest absolute Gasteiger partial charge is 0.507 e. The summed E-state index contributed by atoms with van der Waals surface area (Å²) in [6.45, 7) is 16.9. The van der Waals surface area contributed by atoms with Crippen LogP contribution >= 0.6 is 0 Å². The quantitative estimate of drug-likeness (QED) is 0.355.